The van der Waals surface area contributed by atoms with Gasteiger partial charge in [-0.25, -0.2) is 0 Å². The second-order valence-corrected chi connectivity index (χ2v) is 20.3. The van der Waals surface area contributed by atoms with Crippen LogP contribution in [-0.2, 0) is 17.7 Å². The Kier molecular flexibility index (Phi) is 21.8. The molecule has 0 heterocycles. The highest BCUT2D eigenvalue weighted by Gasteiger charge is 2.31. The Morgan fingerprint density at radius 1 is 0.880 bits per heavy atom. The van der Waals surface area contributed by atoms with Crippen molar-refractivity contribution in [2.45, 2.75) is 58.8 Å². The minimum atomic E-state index is -1.93. The summed E-state index contributed by atoms with van der Waals surface area (Å²) in [6.07, 6.45) is 0. The highest BCUT2D eigenvalue weighted by atomic mass is 28.4. The first-order valence-electron chi connectivity index (χ1n) is 7.94. The fourth-order valence-electron chi connectivity index (χ4n) is 0.917. The molecule has 10 heteroatoms. The summed E-state index contributed by atoms with van der Waals surface area (Å²) in [5.74, 6) is 0. The van der Waals surface area contributed by atoms with Crippen LogP contribution in [0.1, 0.15) is 7.43 Å². The largest absolute Gasteiger partial charge is 0.432 e. The van der Waals surface area contributed by atoms with Gasteiger partial charge in [0.15, 0.2) is 8.32 Å². The minimum Gasteiger partial charge on any atom is -0.432 e. The van der Waals surface area contributed by atoms with Crippen molar-refractivity contribution in [3.8, 4) is 0 Å². The summed E-state index contributed by atoms with van der Waals surface area (Å²) in [6, 6.07) is 1.74. The van der Waals surface area contributed by atoms with Crippen LogP contribution in [0.3, 0.4) is 0 Å². The Balaban J connectivity index is -0.000000144. The molecule has 0 aliphatic heterocycles. The molecule has 156 valence electrons. The molecule has 0 unspecified atom stereocenters. The first-order chi connectivity index (χ1) is 10.7. The predicted molar refractivity (Wildman–Crippen MR) is 119 cm³/mol. The second kappa shape index (κ2) is 16.5. The Bertz CT molecular complexity index is 297. The molecule has 0 rings (SSSR count). The number of hydrogen-bond acceptors (Lipinski definition) is 6. The van der Waals surface area contributed by atoms with E-state index in [1.54, 1.807) is 34.1 Å². The van der Waals surface area contributed by atoms with E-state index in [-0.39, 0.29) is 7.43 Å². The Labute approximate surface area is 161 Å². The van der Waals surface area contributed by atoms with Crippen molar-refractivity contribution >= 4 is 34.5 Å². The van der Waals surface area contributed by atoms with Crippen LogP contribution in [0.25, 0.3) is 0 Å². The maximum Gasteiger partial charge on any atom is 0.334 e. The molecule has 0 aromatic carbocycles. The molecular formula is C15H44O6Si4. The maximum atomic E-state index is 9.62. The molecule has 0 saturated carbocycles. The zero-order valence-corrected chi connectivity index (χ0v) is 21.5. The van der Waals surface area contributed by atoms with Gasteiger partial charge in [-0.3, -0.25) is 0 Å². The molecule has 0 bridgehead atoms. The van der Waals surface area contributed by atoms with Gasteiger partial charge in [-0.2, -0.15) is 0 Å². The lowest BCUT2D eigenvalue weighted by Crippen LogP contribution is -2.39. The van der Waals surface area contributed by atoms with Crippen molar-refractivity contribution in [2.24, 2.45) is 0 Å². The van der Waals surface area contributed by atoms with Gasteiger partial charge in [-0.1, -0.05) is 13.1 Å². The molecular weight excluding hydrogens is 389 g/mol. The molecule has 0 amide bonds. The third-order valence-electron chi connectivity index (χ3n) is 3.22. The minimum absolute atomic E-state index is 0. The summed E-state index contributed by atoms with van der Waals surface area (Å²) in [7, 11) is -0.187. The van der Waals surface area contributed by atoms with Crippen molar-refractivity contribution in [1.29, 1.82) is 0 Å². The first-order valence-corrected chi connectivity index (χ1v) is 18.7. The Morgan fingerprint density at radius 3 is 1.32 bits per heavy atom. The quantitative estimate of drug-likeness (QED) is 0.573. The summed E-state index contributed by atoms with van der Waals surface area (Å²) in [5.41, 5.74) is 1.63. The smallest absolute Gasteiger partial charge is 0.334 e. The van der Waals surface area contributed by atoms with Crippen molar-refractivity contribution < 1.29 is 27.3 Å². The van der Waals surface area contributed by atoms with Crippen LogP contribution in [0.5, 0.6) is 0 Å². The van der Waals surface area contributed by atoms with Crippen molar-refractivity contribution in [2.75, 3.05) is 28.4 Å². The fourth-order valence-corrected chi connectivity index (χ4v) is 5.95. The molecule has 0 spiro atoms. The molecule has 0 aromatic rings. The molecule has 0 radical (unpaired) electrons. The molecule has 6 nitrogen and oxygen atoms in total. The average molecular weight is 433 g/mol. The van der Waals surface area contributed by atoms with E-state index < -0.39 is 34.5 Å². The van der Waals surface area contributed by atoms with Crippen molar-refractivity contribution in [3.63, 3.8) is 0 Å². The van der Waals surface area contributed by atoms with Gasteiger partial charge >= 0.3 is 17.8 Å². The van der Waals surface area contributed by atoms with E-state index >= 15 is 0 Å². The van der Waals surface area contributed by atoms with Crippen LogP contribution in [0, 0.1) is 0 Å². The summed E-state index contributed by atoms with van der Waals surface area (Å²) in [4.78, 5) is 18.5. The number of hydrogen-bond donors (Lipinski definition) is 2. The molecule has 0 aromatic heterocycles. The van der Waals surface area contributed by atoms with Crippen molar-refractivity contribution in [1.82, 2.24) is 0 Å². The lowest BCUT2D eigenvalue weighted by Gasteiger charge is -2.25. The van der Waals surface area contributed by atoms with Crippen LogP contribution in [0.15, 0.2) is 12.3 Å². The molecule has 0 aliphatic rings. The topological polar surface area (TPSA) is 77.4 Å². The lowest BCUT2D eigenvalue weighted by atomic mass is 10.9. The van der Waals surface area contributed by atoms with Crippen LogP contribution in [-0.4, -0.2) is 72.5 Å². The maximum absolute atomic E-state index is 9.62. The molecule has 0 atom stereocenters. The zero-order valence-electron chi connectivity index (χ0n) is 17.3. The van der Waals surface area contributed by atoms with Crippen molar-refractivity contribution in [3.05, 3.63) is 12.3 Å². The monoisotopic (exact) mass is 432 g/mol. The van der Waals surface area contributed by atoms with Crippen LogP contribution < -0.4 is 0 Å². The van der Waals surface area contributed by atoms with E-state index in [0.29, 0.717) is 0 Å². The summed E-state index contributed by atoms with van der Waals surface area (Å²) >= 11 is 0. The predicted octanol–water partition coefficient (Wildman–Crippen LogP) is 3.22. The van der Waals surface area contributed by atoms with Gasteiger partial charge in [0.1, 0.15) is 0 Å². The molecule has 25 heavy (non-hydrogen) atoms. The SMILES string of the molecule is C.C=C[Si](C)(C)O.CO[SiH](C)OC.CO[Si](C)(CC[Si](C)(C)O)OC. The standard InChI is InChI=1S/C7H20O3Si2.C4H10OSi.C3H10O2Si.CH4/c1-9-12(5,10-2)7-6-11(3,4)8;1-4-6(2,3)5;1-4-6(3)5-2;/h8H,6-7H2,1-5H3;4-5H,1H2,2-3H3;6H,1-3H3;1H4. The average Bonchev–Trinajstić information content (AvgIpc) is 2.51. The van der Waals surface area contributed by atoms with E-state index in [0.717, 1.165) is 12.1 Å². The van der Waals surface area contributed by atoms with Gasteiger partial charge in [0.25, 0.3) is 0 Å². The molecule has 0 saturated heterocycles. The normalized spacial score (nSPS) is 11.6. The highest BCUT2D eigenvalue weighted by molar-refractivity contribution is 6.74. The highest BCUT2D eigenvalue weighted by Crippen LogP contribution is 2.19. The second-order valence-electron chi connectivity index (χ2n) is 6.75. The number of rotatable bonds is 8. The van der Waals surface area contributed by atoms with Gasteiger partial charge in [-0.05, 0) is 51.4 Å². The first kappa shape index (κ1) is 33.0. The lowest BCUT2D eigenvalue weighted by molar-refractivity contribution is 0.250. The Hall–Kier alpha value is 0.368. The third-order valence-corrected chi connectivity index (χ3v) is 10.4. The van der Waals surface area contributed by atoms with Gasteiger partial charge < -0.3 is 27.3 Å². The third kappa shape index (κ3) is 29.4. The van der Waals surface area contributed by atoms with Gasteiger partial charge in [0.05, 0.1) is 0 Å². The van der Waals surface area contributed by atoms with E-state index in [4.69, 9.17) is 22.5 Å². The van der Waals surface area contributed by atoms with Crippen LogP contribution in [0.2, 0.25) is 51.4 Å². The van der Waals surface area contributed by atoms with Gasteiger partial charge in [0.2, 0.25) is 8.32 Å². The van der Waals surface area contributed by atoms with E-state index in [1.807, 2.05) is 39.3 Å². The molecule has 0 fully saturated rings. The fraction of sp³-hybridized carbons (Fsp3) is 0.867. The van der Waals surface area contributed by atoms with Crippen LogP contribution >= 0.6 is 0 Å². The van der Waals surface area contributed by atoms with E-state index in [2.05, 4.69) is 6.58 Å². The van der Waals surface area contributed by atoms with E-state index in [9.17, 15) is 4.80 Å². The van der Waals surface area contributed by atoms with E-state index in [1.165, 1.54) is 0 Å². The van der Waals surface area contributed by atoms with Gasteiger partial charge in [-0.15, -0.1) is 6.58 Å². The summed E-state index contributed by atoms with van der Waals surface area (Å²) in [5, 5.41) is 0. The summed E-state index contributed by atoms with van der Waals surface area (Å²) < 4.78 is 20.3. The zero-order chi connectivity index (χ0) is 20.0. The van der Waals surface area contributed by atoms with Crippen LogP contribution in [0.4, 0.5) is 0 Å². The molecule has 2 N–H and O–H groups in total. The Morgan fingerprint density at radius 2 is 1.20 bits per heavy atom. The summed E-state index contributed by atoms with van der Waals surface area (Å²) in [6.45, 7) is 15.0. The molecule has 0 aliphatic carbocycles. The van der Waals surface area contributed by atoms with Gasteiger partial charge in [0, 0.05) is 28.4 Å².